The van der Waals surface area contributed by atoms with E-state index in [9.17, 15) is 4.79 Å². The van der Waals surface area contributed by atoms with Gasteiger partial charge in [0.05, 0.1) is 6.04 Å². The Kier molecular flexibility index (Phi) is 5.36. The number of halogens is 1. The summed E-state index contributed by atoms with van der Waals surface area (Å²) in [5.41, 5.74) is 2.18. The van der Waals surface area contributed by atoms with Crippen LogP contribution in [0.1, 0.15) is 36.9 Å². The number of hydrogen-bond acceptors (Lipinski definition) is 1. The molecule has 0 unspecified atom stereocenters. The lowest BCUT2D eigenvalue weighted by Gasteiger charge is -2.20. The maximum absolute atomic E-state index is 11.9. The van der Waals surface area contributed by atoms with Crippen molar-refractivity contribution in [3.8, 4) is 0 Å². The second-order valence-corrected chi connectivity index (χ2v) is 5.63. The minimum Gasteiger partial charge on any atom is -0.345 e. The Morgan fingerprint density at radius 2 is 1.65 bits per heavy atom. The van der Waals surface area contributed by atoms with Gasteiger partial charge < -0.3 is 5.32 Å². The molecule has 0 aliphatic heterocycles. The summed E-state index contributed by atoms with van der Waals surface area (Å²) in [6, 6.07) is 18.0. The lowest BCUT2D eigenvalue weighted by atomic mass is 9.98. The molecule has 2 aromatic rings. The van der Waals surface area contributed by atoms with E-state index in [1.165, 1.54) is 0 Å². The zero-order chi connectivity index (χ0) is 14.4. The van der Waals surface area contributed by atoms with Crippen LogP contribution in [-0.4, -0.2) is 5.91 Å². The van der Waals surface area contributed by atoms with Crippen LogP contribution in [0, 0.1) is 0 Å². The first kappa shape index (κ1) is 14.8. The normalized spacial score (nSPS) is 11.9. The molecule has 0 aromatic heterocycles. The molecule has 2 aromatic carbocycles. The summed E-state index contributed by atoms with van der Waals surface area (Å²) >= 11 is 3.44. The Bertz CT molecular complexity index is 551. The highest BCUT2D eigenvalue weighted by molar-refractivity contribution is 9.10. The highest BCUT2D eigenvalue weighted by atomic mass is 79.9. The zero-order valence-electron chi connectivity index (χ0n) is 11.5. The van der Waals surface area contributed by atoms with Crippen LogP contribution < -0.4 is 5.32 Å². The summed E-state index contributed by atoms with van der Waals surface area (Å²) in [5.74, 6) is 0.0873. The summed E-state index contributed by atoms with van der Waals surface area (Å²) in [5, 5.41) is 3.12. The van der Waals surface area contributed by atoms with Crippen molar-refractivity contribution < 1.29 is 4.79 Å². The molecule has 2 nitrogen and oxygen atoms in total. The molecule has 0 fully saturated rings. The highest BCUT2D eigenvalue weighted by Gasteiger charge is 2.16. The molecular formula is C17H18BrNO. The molecular weight excluding hydrogens is 314 g/mol. The van der Waals surface area contributed by atoms with E-state index in [2.05, 4.69) is 21.2 Å². The fraction of sp³-hybridized carbons (Fsp3) is 0.235. The lowest BCUT2D eigenvalue weighted by molar-refractivity contribution is -0.121. The van der Waals surface area contributed by atoms with Crippen LogP contribution >= 0.6 is 15.9 Å². The van der Waals surface area contributed by atoms with E-state index in [-0.39, 0.29) is 11.9 Å². The first-order valence-electron chi connectivity index (χ1n) is 6.80. The third-order valence-electron chi connectivity index (χ3n) is 3.12. The van der Waals surface area contributed by atoms with Crippen molar-refractivity contribution in [3.05, 3.63) is 70.2 Å². The summed E-state index contributed by atoms with van der Waals surface area (Å²) in [7, 11) is 0. The number of benzene rings is 2. The summed E-state index contributed by atoms with van der Waals surface area (Å²) in [6.45, 7) is 2.01. The van der Waals surface area contributed by atoms with Gasteiger partial charge in [0.1, 0.15) is 0 Å². The smallest absolute Gasteiger partial charge is 0.220 e. The molecule has 1 amide bonds. The summed E-state index contributed by atoms with van der Waals surface area (Å²) < 4.78 is 1.04. The number of amides is 1. The second kappa shape index (κ2) is 7.25. The van der Waals surface area contributed by atoms with E-state index in [0.29, 0.717) is 6.42 Å². The molecule has 20 heavy (non-hydrogen) atoms. The largest absolute Gasteiger partial charge is 0.345 e. The van der Waals surface area contributed by atoms with E-state index in [0.717, 1.165) is 22.0 Å². The average Bonchev–Trinajstić information content (AvgIpc) is 2.47. The molecule has 1 N–H and O–H groups in total. The predicted molar refractivity (Wildman–Crippen MR) is 85.5 cm³/mol. The molecule has 0 radical (unpaired) electrons. The van der Waals surface area contributed by atoms with Crippen LogP contribution in [0.4, 0.5) is 0 Å². The van der Waals surface area contributed by atoms with Gasteiger partial charge >= 0.3 is 0 Å². The average molecular weight is 332 g/mol. The molecule has 0 aliphatic rings. The third-order valence-corrected chi connectivity index (χ3v) is 3.65. The molecule has 0 saturated carbocycles. The van der Waals surface area contributed by atoms with E-state index >= 15 is 0 Å². The molecule has 1 atom stereocenters. The van der Waals surface area contributed by atoms with Gasteiger partial charge in [-0.05, 0) is 29.7 Å². The Balaban J connectivity index is 2.29. The van der Waals surface area contributed by atoms with E-state index < -0.39 is 0 Å². The number of rotatable bonds is 5. The molecule has 0 heterocycles. The monoisotopic (exact) mass is 331 g/mol. The Morgan fingerprint density at radius 1 is 1.05 bits per heavy atom. The molecule has 0 aliphatic carbocycles. The van der Waals surface area contributed by atoms with Crippen molar-refractivity contribution in [2.45, 2.75) is 25.8 Å². The van der Waals surface area contributed by atoms with Gasteiger partial charge in [-0.25, -0.2) is 0 Å². The molecule has 0 saturated heterocycles. The number of hydrogen-bond donors (Lipinski definition) is 1. The van der Waals surface area contributed by atoms with Crippen molar-refractivity contribution in [1.29, 1.82) is 0 Å². The Labute approximate surface area is 128 Å². The van der Waals surface area contributed by atoms with Gasteiger partial charge in [0.25, 0.3) is 0 Å². The van der Waals surface area contributed by atoms with Gasteiger partial charge in [0.15, 0.2) is 0 Å². The molecule has 2 rings (SSSR count). The van der Waals surface area contributed by atoms with Crippen LogP contribution in [0.25, 0.3) is 0 Å². The fourth-order valence-electron chi connectivity index (χ4n) is 2.12. The number of carbonyl (C=O) groups excluding carboxylic acids is 1. The Morgan fingerprint density at radius 3 is 2.25 bits per heavy atom. The van der Waals surface area contributed by atoms with Gasteiger partial charge in [-0.1, -0.05) is 65.3 Å². The molecule has 3 heteroatoms. The van der Waals surface area contributed by atoms with Gasteiger partial charge in [0, 0.05) is 10.9 Å². The van der Waals surface area contributed by atoms with Crippen LogP contribution in [0.5, 0.6) is 0 Å². The maximum atomic E-state index is 11.9. The molecule has 0 bridgehead atoms. The van der Waals surface area contributed by atoms with Gasteiger partial charge in [-0.15, -0.1) is 0 Å². The van der Waals surface area contributed by atoms with E-state index in [1.54, 1.807) is 0 Å². The lowest BCUT2D eigenvalue weighted by Crippen LogP contribution is -2.28. The second-order valence-electron chi connectivity index (χ2n) is 4.71. The van der Waals surface area contributed by atoms with Crippen LogP contribution in [0.3, 0.4) is 0 Å². The van der Waals surface area contributed by atoms with E-state index in [1.807, 2.05) is 61.5 Å². The first-order valence-corrected chi connectivity index (χ1v) is 7.59. The first-order chi connectivity index (χ1) is 9.70. The van der Waals surface area contributed by atoms with Gasteiger partial charge in [-0.2, -0.15) is 0 Å². The van der Waals surface area contributed by atoms with Crippen LogP contribution in [0.2, 0.25) is 0 Å². The highest BCUT2D eigenvalue weighted by Crippen LogP contribution is 2.23. The molecule has 104 valence electrons. The van der Waals surface area contributed by atoms with Crippen molar-refractivity contribution in [2.24, 2.45) is 0 Å². The minimum atomic E-state index is -0.0941. The fourth-order valence-corrected chi connectivity index (χ4v) is 2.38. The van der Waals surface area contributed by atoms with Crippen molar-refractivity contribution >= 4 is 21.8 Å². The number of nitrogens with one attached hydrogen (secondary N) is 1. The maximum Gasteiger partial charge on any atom is 0.220 e. The quantitative estimate of drug-likeness (QED) is 0.861. The predicted octanol–water partition coefficient (Wildman–Crippen LogP) is 4.45. The van der Waals surface area contributed by atoms with Crippen molar-refractivity contribution in [2.75, 3.05) is 0 Å². The third kappa shape index (κ3) is 3.94. The van der Waals surface area contributed by atoms with Crippen molar-refractivity contribution in [3.63, 3.8) is 0 Å². The van der Waals surface area contributed by atoms with Crippen LogP contribution in [0.15, 0.2) is 59.1 Å². The summed E-state index contributed by atoms with van der Waals surface area (Å²) in [6.07, 6.45) is 1.41. The SMILES string of the molecule is CCCC(=O)N[C@@H](c1ccccc1)c1ccc(Br)cc1. The number of carbonyl (C=O) groups is 1. The van der Waals surface area contributed by atoms with Gasteiger partial charge in [0.2, 0.25) is 5.91 Å². The molecule has 0 spiro atoms. The minimum absolute atomic E-state index is 0.0873. The van der Waals surface area contributed by atoms with Gasteiger partial charge in [-0.3, -0.25) is 4.79 Å². The van der Waals surface area contributed by atoms with E-state index in [4.69, 9.17) is 0 Å². The summed E-state index contributed by atoms with van der Waals surface area (Å²) in [4.78, 5) is 11.9. The topological polar surface area (TPSA) is 29.1 Å². The standard InChI is InChI=1S/C17H18BrNO/c1-2-6-16(20)19-17(13-7-4-3-5-8-13)14-9-11-15(18)12-10-14/h3-5,7-12,17H,2,6H2,1H3,(H,19,20)/t17-/m0/s1. The van der Waals surface area contributed by atoms with Crippen LogP contribution in [-0.2, 0) is 4.79 Å². The Hall–Kier alpha value is -1.61. The zero-order valence-corrected chi connectivity index (χ0v) is 13.1. The van der Waals surface area contributed by atoms with Crippen molar-refractivity contribution in [1.82, 2.24) is 5.32 Å².